The lowest BCUT2D eigenvalue weighted by molar-refractivity contribution is 0.452. The molecule has 0 spiro atoms. The fraction of sp³-hybridized carbons (Fsp3) is 0.385. The fourth-order valence-corrected chi connectivity index (χ4v) is 3.63. The van der Waals surface area contributed by atoms with Crippen LogP contribution in [-0.2, 0) is 23.9 Å². The van der Waals surface area contributed by atoms with Crippen LogP contribution in [-0.4, -0.2) is 5.11 Å². The van der Waals surface area contributed by atoms with E-state index in [9.17, 15) is 5.11 Å². The maximum Gasteiger partial charge on any atom is 0.120 e. The van der Waals surface area contributed by atoms with Gasteiger partial charge in [-0.25, -0.2) is 0 Å². The lowest BCUT2D eigenvalue weighted by Gasteiger charge is -2.28. The second-order valence-electron chi connectivity index (χ2n) is 9.81. The zero-order valence-corrected chi connectivity index (χ0v) is 18.1. The van der Waals surface area contributed by atoms with Gasteiger partial charge in [-0.2, -0.15) is 0 Å². The quantitative estimate of drug-likeness (QED) is 0.551. The van der Waals surface area contributed by atoms with Crippen molar-refractivity contribution in [2.24, 2.45) is 0 Å². The summed E-state index contributed by atoms with van der Waals surface area (Å²) in [5, 5.41) is 16.9. The van der Waals surface area contributed by atoms with Crippen LogP contribution in [0.25, 0.3) is 10.8 Å². The minimum atomic E-state index is -0.0291. The number of nitrogens with one attached hydrogen (secondary N) is 1. The van der Waals surface area contributed by atoms with Gasteiger partial charge in [0.25, 0.3) is 0 Å². The highest BCUT2D eigenvalue weighted by atomic mass is 16.3. The first-order valence-electron chi connectivity index (χ1n) is 10.1. The molecule has 3 aromatic rings. The summed E-state index contributed by atoms with van der Waals surface area (Å²) in [4.78, 5) is 0. The molecule has 2 heteroatoms. The molecule has 0 bridgehead atoms. The highest BCUT2D eigenvalue weighted by Gasteiger charge is 2.24. The molecule has 0 fully saturated rings. The molecule has 0 saturated carbocycles. The van der Waals surface area contributed by atoms with Crippen molar-refractivity contribution in [3.05, 3.63) is 76.9 Å². The first-order valence-corrected chi connectivity index (χ1v) is 10.1. The maximum absolute atomic E-state index is 10.8. The lowest BCUT2D eigenvalue weighted by atomic mass is 9.78. The average molecular weight is 376 g/mol. The van der Waals surface area contributed by atoms with E-state index in [4.69, 9.17) is 0 Å². The highest BCUT2D eigenvalue weighted by Crippen LogP contribution is 2.36. The summed E-state index contributed by atoms with van der Waals surface area (Å²) in [5.74, 6) is 0.392. The molecule has 0 aliphatic carbocycles. The van der Waals surface area contributed by atoms with Crippen LogP contribution in [0.1, 0.15) is 63.8 Å². The van der Waals surface area contributed by atoms with Crippen molar-refractivity contribution in [3.63, 3.8) is 0 Å². The molecule has 2 nitrogen and oxygen atoms in total. The van der Waals surface area contributed by atoms with Crippen molar-refractivity contribution in [2.75, 3.05) is 0 Å². The van der Waals surface area contributed by atoms with Crippen LogP contribution in [0.3, 0.4) is 0 Å². The topological polar surface area (TPSA) is 32.3 Å². The second kappa shape index (κ2) is 7.60. The number of phenolic OH excluding ortho intramolecular Hbond substituents is 1. The molecule has 28 heavy (non-hydrogen) atoms. The van der Waals surface area contributed by atoms with Crippen LogP contribution in [0.2, 0.25) is 0 Å². The zero-order chi connectivity index (χ0) is 20.5. The van der Waals surface area contributed by atoms with Crippen LogP contribution in [0.15, 0.2) is 54.6 Å². The summed E-state index contributed by atoms with van der Waals surface area (Å²) in [6, 6.07) is 19.2. The molecule has 0 amide bonds. The molecular weight excluding hydrogens is 342 g/mol. The molecule has 0 radical (unpaired) electrons. The van der Waals surface area contributed by atoms with E-state index >= 15 is 0 Å². The third kappa shape index (κ3) is 4.56. The Morgan fingerprint density at radius 2 is 1.43 bits per heavy atom. The van der Waals surface area contributed by atoms with Gasteiger partial charge in [-0.05, 0) is 50.4 Å². The Kier molecular flexibility index (Phi) is 5.54. The van der Waals surface area contributed by atoms with Crippen molar-refractivity contribution in [2.45, 2.75) is 65.5 Å². The van der Waals surface area contributed by atoms with Gasteiger partial charge in [0.05, 0.1) is 0 Å². The Bertz CT molecular complexity index is 974. The number of phenols is 1. The summed E-state index contributed by atoms with van der Waals surface area (Å²) < 4.78 is 0. The van der Waals surface area contributed by atoms with Gasteiger partial charge in [-0.3, -0.25) is 0 Å². The molecule has 0 atom stereocenters. The van der Waals surface area contributed by atoms with Gasteiger partial charge in [0, 0.05) is 18.7 Å². The molecule has 0 unspecified atom stereocenters. The average Bonchev–Trinajstić information content (AvgIpc) is 2.61. The minimum Gasteiger partial charge on any atom is -0.508 e. The molecule has 0 aliphatic heterocycles. The summed E-state index contributed by atoms with van der Waals surface area (Å²) in [6.45, 7) is 14.6. The number of hydrogen-bond donors (Lipinski definition) is 2. The van der Waals surface area contributed by atoms with Crippen molar-refractivity contribution in [3.8, 4) is 5.75 Å². The molecule has 0 heterocycles. The number of benzene rings is 3. The van der Waals surface area contributed by atoms with Gasteiger partial charge in [-0.15, -0.1) is 0 Å². The Morgan fingerprint density at radius 1 is 0.750 bits per heavy atom. The summed E-state index contributed by atoms with van der Waals surface area (Å²) >= 11 is 0. The number of rotatable bonds is 4. The third-order valence-electron chi connectivity index (χ3n) is 5.35. The molecule has 0 saturated heterocycles. The highest BCUT2D eigenvalue weighted by molar-refractivity contribution is 5.82. The van der Waals surface area contributed by atoms with Gasteiger partial charge >= 0.3 is 0 Å². The molecule has 3 rings (SSSR count). The molecular formula is C26H33NO. The molecule has 3 aromatic carbocycles. The molecule has 2 N–H and O–H groups in total. The first kappa shape index (κ1) is 20.4. The van der Waals surface area contributed by atoms with Crippen molar-refractivity contribution < 1.29 is 5.11 Å². The van der Waals surface area contributed by atoms with E-state index in [1.165, 1.54) is 27.5 Å². The van der Waals surface area contributed by atoms with E-state index in [1.54, 1.807) is 0 Å². The SMILES string of the molecule is CC(C)(C)c1cc(O)c(CNCc2ccc3ccccc3c2)c(C(C)(C)C)c1. The van der Waals surface area contributed by atoms with Crippen LogP contribution >= 0.6 is 0 Å². The number of aromatic hydroxyl groups is 1. The Hall–Kier alpha value is -2.32. The maximum atomic E-state index is 10.8. The predicted octanol–water partition coefficient (Wildman–Crippen LogP) is 6.43. The smallest absolute Gasteiger partial charge is 0.120 e. The summed E-state index contributed by atoms with van der Waals surface area (Å²) in [6.07, 6.45) is 0. The first-order chi connectivity index (χ1) is 13.1. The Morgan fingerprint density at radius 3 is 2.07 bits per heavy atom. The minimum absolute atomic E-state index is 0.00847. The number of fused-ring (bicyclic) bond motifs is 1. The monoisotopic (exact) mass is 375 g/mol. The van der Waals surface area contributed by atoms with Gasteiger partial charge in [0.2, 0.25) is 0 Å². The lowest BCUT2D eigenvalue weighted by Crippen LogP contribution is -2.22. The zero-order valence-electron chi connectivity index (χ0n) is 18.1. The van der Waals surface area contributed by atoms with Gasteiger partial charge in [-0.1, -0.05) is 84.0 Å². The standard InChI is InChI=1S/C26H33NO/c1-25(2,3)21-14-23(26(4,5)6)22(24(28)15-21)17-27-16-18-11-12-19-9-7-8-10-20(19)13-18/h7-15,27-28H,16-17H2,1-6H3. The third-order valence-corrected chi connectivity index (χ3v) is 5.35. The van der Waals surface area contributed by atoms with Gasteiger partial charge in [0.15, 0.2) is 0 Å². The normalized spacial score (nSPS) is 12.5. The van der Waals surface area contributed by atoms with Gasteiger partial charge in [0.1, 0.15) is 5.75 Å². The van der Waals surface area contributed by atoms with E-state index in [0.717, 1.165) is 12.1 Å². The van der Waals surface area contributed by atoms with E-state index in [2.05, 4.69) is 95.4 Å². The van der Waals surface area contributed by atoms with Gasteiger partial charge < -0.3 is 10.4 Å². The van der Waals surface area contributed by atoms with Crippen LogP contribution in [0.5, 0.6) is 5.75 Å². The molecule has 0 aromatic heterocycles. The predicted molar refractivity (Wildman–Crippen MR) is 120 cm³/mol. The summed E-state index contributed by atoms with van der Waals surface area (Å²) in [5.41, 5.74) is 4.62. The van der Waals surface area contributed by atoms with E-state index in [-0.39, 0.29) is 10.8 Å². The second-order valence-corrected chi connectivity index (χ2v) is 9.81. The molecule has 148 valence electrons. The van der Waals surface area contributed by atoms with E-state index in [1.807, 2.05) is 6.07 Å². The van der Waals surface area contributed by atoms with Crippen molar-refractivity contribution >= 4 is 10.8 Å². The van der Waals surface area contributed by atoms with Crippen molar-refractivity contribution in [1.82, 2.24) is 5.32 Å². The number of hydrogen-bond acceptors (Lipinski definition) is 2. The molecule has 0 aliphatic rings. The van der Waals surface area contributed by atoms with E-state index < -0.39 is 0 Å². The largest absolute Gasteiger partial charge is 0.508 e. The Labute approximate surface area is 169 Å². The summed E-state index contributed by atoms with van der Waals surface area (Å²) in [7, 11) is 0. The van der Waals surface area contributed by atoms with Crippen molar-refractivity contribution in [1.29, 1.82) is 0 Å². The van der Waals surface area contributed by atoms with E-state index in [0.29, 0.717) is 12.3 Å². The van der Waals surface area contributed by atoms with Crippen LogP contribution < -0.4 is 5.32 Å². The van der Waals surface area contributed by atoms with Crippen LogP contribution in [0.4, 0.5) is 0 Å². The fourth-order valence-electron chi connectivity index (χ4n) is 3.63. The Balaban J connectivity index is 1.82. The van der Waals surface area contributed by atoms with Crippen LogP contribution in [0, 0.1) is 0 Å².